The summed E-state index contributed by atoms with van der Waals surface area (Å²) in [6.07, 6.45) is 0. The molecule has 0 amide bonds. The van der Waals surface area contributed by atoms with Gasteiger partial charge in [-0.05, 0) is 0 Å². The van der Waals surface area contributed by atoms with Crippen molar-refractivity contribution in [1.29, 1.82) is 0 Å². The monoisotopic (exact) mass is 802 g/mol. The second-order valence-electron chi connectivity index (χ2n) is 2.98. The van der Waals surface area contributed by atoms with Crippen molar-refractivity contribution in [3.8, 4) is 0 Å². The van der Waals surface area contributed by atoms with Crippen LogP contribution >= 0.6 is 143 Å². The summed E-state index contributed by atoms with van der Waals surface area (Å²) in [5.41, 5.74) is 5.72. The van der Waals surface area contributed by atoms with Crippen LogP contribution in [-0.4, -0.2) is 24.8 Å². The fourth-order valence-corrected chi connectivity index (χ4v) is 10.6. The van der Waals surface area contributed by atoms with Gasteiger partial charge in [0.25, 0.3) is 0 Å². The van der Waals surface area contributed by atoms with Crippen LogP contribution in [0.4, 0.5) is 0 Å². The van der Waals surface area contributed by atoms with Crippen LogP contribution < -0.4 is 5.73 Å². The second kappa shape index (κ2) is 7.03. The predicted octanol–water partition coefficient (Wildman–Crippen LogP) is 6.28. The first-order chi connectivity index (χ1) is 6.87. The highest BCUT2D eigenvalue weighted by molar-refractivity contribution is 9.39. The molecule has 0 bridgehead atoms. The largest absolute Gasteiger partial charge is 0.319 e. The zero-order valence-electron chi connectivity index (χ0n) is 7.39. The molecule has 0 aromatic rings. The van der Waals surface area contributed by atoms with Crippen molar-refractivity contribution < 1.29 is 0 Å². The van der Waals surface area contributed by atoms with Crippen molar-refractivity contribution in [1.82, 2.24) is 0 Å². The standard InChI is InChI=1S/C6H6Br9N/c7-1-3(9,10)5(16,6(13,14)15)4(11,12)2-8/h1-2,16H2. The molecule has 0 aliphatic carbocycles. The van der Waals surface area contributed by atoms with Crippen LogP contribution in [0.15, 0.2) is 0 Å². The fraction of sp³-hybridized carbons (Fsp3) is 1.00. The minimum Gasteiger partial charge on any atom is -0.319 e. The quantitative estimate of drug-likeness (QED) is 0.333. The van der Waals surface area contributed by atoms with E-state index in [1.807, 2.05) is 0 Å². The zero-order valence-corrected chi connectivity index (χ0v) is 21.7. The van der Waals surface area contributed by atoms with Crippen molar-refractivity contribution in [2.75, 3.05) is 10.7 Å². The molecular weight excluding hydrogens is 805 g/mol. The van der Waals surface area contributed by atoms with E-state index in [0.717, 1.165) is 0 Å². The van der Waals surface area contributed by atoms with Crippen LogP contribution in [0.25, 0.3) is 0 Å². The highest BCUT2D eigenvalue weighted by Gasteiger charge is 2.65. The number of hydrogen-bond acceptors (Lipinski definition) is 1. The Bertz CT molecular complexity index is 229. The Morgan fingerprint density at radius 3 is 1.06 bits per heavy atom. The minimum atomic E-state index is -0.847. The molecule has 0 heterocycles. The summed E-state index contributed by atoms with van der Waals surface area (Å²) in [5.74, 6) is 0. The summed E-state index contributed by atoms with van der Waals surface area (Å²) in [6.45, 7) is 0. The molecule has 0 saturated heterocycles. The van der Waals surface area contributed by atoms with Crippen molar-refractivity contribution in [2.24, 2.45) is 5.73 Å². The second-order valence-corrected chi connectivity index (χ2v) is 18.4. The Balaban J connectivity index is 5.76. The van der Waals surface area contributed by atoms with Crippen LogP contribution in [0.3, 0.4) is 0 Å². The SMILES string of the molecule is NC(C(Br)(Br)Br)(C(Br)(Br)CBr)C(Br)(Br)CBr. The maximum absolute atomic E-state index is 6.56. The van der Waals surface area contributed by atoms with Crippen molar-refractivity contribution in [3.05, 3.63) is 0 Å². The summed E-state index contributed by atoms with van der Waals surface area (Å²) in [5, 5.41) is 1.18. The summed E-state index contributed by atoms with van der Waals surface area (Å²) in [6, 6.07) is 0. The first kappa shape index (κ1) is 20.3. The van der Waals surface area contributed by atoms with Crippen LogP contribution in [0.1, 0.15) is 0 Å². The molecule has 0 aromatic heterocycles. The fourth-order valence-electron chi connectivity index (χ4n) is 0.893. The molecule has 2 N–H and O–H groups in total. The van der Waals surface area contributed by atoms with Crippen LogP contribution in [0.2, 0.25) is 0 Å². The van der Waals surface area contributed by atoms with Gasteiger partial charge in [0, 0.05) is 10.7 Å². The molecule has 16 heavy (non-hydrogen) atoms. The highest BCUT2D eigenvalue weighted by Crippen LogP contribution is 2.62. The van der Waals surface area contributed by atoms with Gasteiger partial charge in [0.15, 0.2) is 2.14 Å². The maximum atomic E-state index is 6.56. The van der Waals surface area contributed by atoms with Crippen molar-refractivity contribution in [2.45, 2.75) is 14.1 Å². The third-order valence-corrected chi connectivity index (χ3v) is 12.1. The lowest BCUT2D eigenvalue weighted by atomic mass is 9.96. The number of hydrogen-bond donors (Lipinski definition) is 1. The maximum Gasteiger partial charge on any atom is 0.157 e. The molecule has 98 valence electrons. The van der Waals surface area contributed by atoms with Crippen LogP contribution in [-0.2, 0) is 0 Å². The van der Waals surface area contributed by atoms with Gasteiger partial charge >= 0.3 is 0 Å². The lowest BCUT2D eigenvalue weighted by molar-refractivity contribution is 0.432. The molecule has 0 aliphatic rings. The molecule has 0 fully saturated rings. The molecule has 10 heteroatoms. The van der Waals surface area contributed by atoms with E-state index in [9.17, 15) is 0 Å². The number of rotatable bonds is 4. The lowest BCUT2D eigenvalue weighted by Crippen LogP contribution is -2.72. The summed E-state index contributed by atoms with van der Waals surface area (Å²) in [7, 11) is 0. The van der Waals surface area contributed by atoms with Gasteiger partial charge in [0.05, 0.1) is 0 Å². The Labute approximate surface area is 171 Å². The molecule has 0 radical (unpaired) electrons. The van der Waals surface area contributed by atoms with E-state index in [-0.39, 0.29) is 0 Å². The van der Waals surface area contributed by atoms with Gasteiger partial charge < -0.3 is 5.73 Å². The normalized spacial score (nSPS) is 15.4. The molecule has 0 unspecified atom stereocenters. The summed E-state index contributed by atoms with van der Waals surface area (Å²) < 4.78 is -1.87. The Morgan fingerprint density at radius 1 is 0.688 bits per heavy atom. The van der Waals surface area contributed by atoms with Crippen LogP contribution in [0.5, 0.6) is 0 Å². The van der Waals surface area contributed by atoms with Gasteiger partial charge in [0.2, 0.25) is 0 Å². The lowest BCUT2D eigenvalue weighted by Gasteiger charge is -2.52. The molecular formula is C6H6Br9N. The van der Waals surface area contributed by atoms with E-state index in [1.165, 1.54) is 0 Å². The smallest absolute Gasteiger partial charge is 0.157 e. The third kappa shape index (κ3) is 3.93. The molecule has 0 rings (SSSR count). The predicted molar refractivity (Wildman–Crippen MR) is 105 cm³/mol. The van der Waals surface area contributed by atoms with Gasteiger partial charge in [-0.25, -0.2) is 0 Å². The van der Waals surface area contributed by atoms with Gasteiger partial charge in [-0.15, -0.1) is 0 Å². The topological polar surface area (TPSA) is 26.0 Å². The Morgan fingerprint density at radius 2 is 0.938 bits per heavy atom. The molecule has 0 spiro atoms. The van der Waals surface area contributed by atoms with E-state index in [2.05, 4.69) is 143 Å². The van der Waals surface area contributed by atoms with E-state index >= 15 is 0 Å². The van der Waals surface area contributed by atoms with E-state index in [4.69, 9.17) is 5.73 Å². The van der Waals surface area contributed by atoms with E-state index in [1.54, 1.807) is 0 Å². The molecule has 0 aromatic carbocycles. The first-order valence-electron chi connectivity index (χ1n) is 3.60. The van der Waals surface area contributed by atoms with E-state index in [0.29, 0.717) is 10.7 Å². The van der Waals surface area contributed by atoms with Crippen molar-refractivity contribution >= 4 is 143 Å². The average molecular weight is 811 g/mol. The highest BCUT2D eigenvalue weighted by atomic mass is 80.0. The number of halogens is 9. The van der Waals surface area contributed by atoms with Gasteiger partial charge in [0.1, 0.15) is 12.0 Å². The molecule has 0 saturated carbocycles. The zero-order chi connectivity index (χ0) is 13.4. The van der Waals surface area contributed by atoms with Gasteiger partial charge in [-0.1, -0.05) is 143 Å². The molecule has 0 aliphatic heterocycles. The number of alkyl halides is 9. The Kier molecular flexibility index (Phi) is 8.91. The molecule has 1 nitrogen and oxygen atoms in total. The van der Waals surface area contributed by atoms with E-state index < -0.39 is 14.1 Å². The van der Waals surface area contributed by atoms with Gasteiger partial charge in [-0.3, -0.25) is 0 Å². The third-order valence-electron chi connectivity index (χ3n) is 1.94. The minimum absolute atomic E-state index is 0.579. The summed E-state index contributed by atoms with van der Waals surface area (Å²) >= 11 is 31.7. The van der Waals surface area contributed by atoms with Crippen LogP contribution in [0, 0.1) is 0 Å². The average Bonchev–Trinajstić information content (AvgIpc) is 2.14. The molecule has 0 atom stereocenters. The number of nitrogens with two attached hydrogens (primary N) is 1. The first-order valence-corrected chi connectivity index (χ1v) is 11.4. The van der Waals surface area contributed by atoms with Gasteiger partial charge in [-0.2, -0.15) is 0 Å². The van der Waals surface area contributed by atoms with Crippen molar-refractivity contribution in [3.63, 3.8) is 0 Å². The Hall–Kier alpha value is 4.28. The summed E-state index contributed by atoms with van der Waals surface area (Å²) in [4.78, 5) is 0.